The van der Waals surface area contributed by atoms with E-state index in [1.165, 1.54) is 12.1 Å². The highest BCUT2D eigenvalue weighted by atomic mass is 19.1. The van der Waals surface area contributed by atoms with Gasteiger partial charge in [0.15, 0.2) is 0 Å². The summed E-state index contributed by atoms with van der Waals surface area (Å²) in [6.45, 7) is 6.36. The zero-order chi connectivity index (χ0) is 17.0. The van der Waals surface area contributed by atoms with E-state index in [0.717, 1.165) is 6.42 Å². The predicted octanol–water partition coefficient (Wildman–Crippen LogP) is 3.79. The maximum absolute atomic E-state index is 13.9. The number of pyridine rings is 1. The Bertz CT molecular complexity index is 804. The molecule has 4 nitrogen and oxygen atoms in total. The molecular formula is C18H19FN2O2. The molecule has 1 N–H and O–H groups in total. The van der Waals surface area contributed by atoms with Gasteiger partial charge < -0.3 is 9.72 Å². The van der Waals surface area contributed by atoms with Crippen molar-refractivity contribution in [2.24, 2.45) is 5.92 Å². The lowest BCUT2D eigenvalue weighted by Gasteiger charge is -2.11. The maximum Gasteiger partial charge on any atom is 0.266 e. The topological polar surface area (TPSA) is 65.9 Å². The van der Waals surface area contributed by atoms with Gasteiger partial charge in [0.1, 0.15) is 23.2 Å². The molecule has 1 aromatic heterocycles. The number of H-pyrrole nitrogens is 1. The summed E-state index contributed by atoms with van der Waals surface area (Å²) in [6, 6.07) is 7.79. The molecule has 0 saturated heterocycles. The fraction of sp³-hybridized carbons (Fsp3) is 0.333. The summed E-state index contributed by atoms with van der Waals surface area (Å²) in [7, 11) is 0. The van der Waals surface area contributed by atoms with Crippen LogP contribution in [0.1, 0.15) is 31.5 Å². The molecule has 0 spiro atoms. The van der Waals surface area contributed by atoms with E-state index >= 15 is 0 Å². The van der Waals surface area contributed by atoms with Gasteiger partial charge in [0.2, 0.25) is 0 Å². The zero-order valence-electron chi connectivity index (χ0n) is 13.4. The van der Waals surface area contributed by atoms with Gasteiger partial charge in [-0.25, -0.2) is 4.39 Å². The highest BCUT2D eigenvalue weighted by Gasteiger charge is 2.12. The number of rotatable bonds is 5. The SMILES string of the molecule is Cc1cc(-c2cc(F)cc(OCCC(C)C)c2)c(C#N)c(=O)[nH]1. The Morgan fingerprint density at radius 1 is 1.30 bits per heavy atom. The van der Waals surface area contributed by atoms with Crippen molar-refractivity contribution in [2.45, 2.75) is 27.2 Å². The van der Waals surface area contributed by atoms with Gasteiger partial charge >= 0.3 is 0 Å². The van der Waals surface area contributed by atoms with Crippen molar-refractivity contribution in [3.8, 4) is 22.9 Å². The Morgan fingerprint density at radius 3 is 2.70 bits per heavy atom. The molecule has 0 bridgehead atoms. The van der Waals surface area contributed by atoms with Gasteiger partial charge in [-0.3, -0.25) is 4.79 Å². The van der Waals surface area contributed by atoms with Gasteiger partial charge in [0.25, 0.3) is 5.56 Å². The number of hydrogen-bond donors (Lipinski definition) is 1. The van der Waals surface area contributed by atoms with Gasteiger partial charge in [-0.1, -0.05) is 13.8 Å². The molecule has 0 fully saturated rings. The third-order valence-electron chi connectivity index (χ3n) is 3.43. The lowest BCUT2D eigenvalue weighted by molar-refractivity contribution is 0.288. The van der Waals surface area contributed by atoms with Crippen LogP contribution in [-0.2, 0) is 0 Å². The van der Waals surface area contributed by atoms with Crippen molar-refractivity contribution in [3.05, 3.63) is 51.7 Å². The van der Waals surface area contributed by atoms with Crippen LogP contribution in [0.4, 0.5) is 4.39 Å². The van der Waals surface area contributed by atoms with E-state index in [0.29, 0.717) is 35.1 Å². The second-order valence-corrected chi connectivity index (χ2v) is 5.89. The Kier molecular flexibility index (Phi) is 5.17. The second-order valence-electron chi connectivity index (χ2n) is 5.89. The van der Waals surface area contributed by atoms with Crippen LogP contribution in [-0.4, -0.2) is 11.6 Å². The van der Waals surface area contributed by atoms with Crippen molar-refractivity contribution >= 4 is 0 Å². The first-order valence-electron chi connectivity index (χ1n) is 7.48. The minimum absolute atomic E-state index is 0.0330. The smallest absolute Gasteiger partial charge is 0.266 e. The maximum atomic E-state index is 13.9. The largest absolute Gasteiger partial charge is 0.493 e. The molecule has 1 heterocycles. The summed E-state index contributed by atoms with van der Waals surface area (Å²) in [5.74, 6) is 0.412. The molecule has 0 saturated carbocycles. The fourth-order valence-corrected chi connectivity index (χ4v) is 2.24. The van der Waals surface area contributed by atoms with E-state index in [-0.39, 0.29) is 5.56 Å². The number of ether oxygens (including phenoxy) is 1. The average molecular weight is 314 g/mol. The molecule has 1 aromatic carbocycles. The third kappa shape index (κ3) is 4.19. The molecule has 0 aliphatic carbocycles. The number of nitrogens with one attached hydrogen (secondary N) is 1. The molecule has 0 aliphatic rings. The van der Waals surface area contributed by atoms with Crippen LogP contribution in [0.2, 0.25) is 0 Å². The lowest BCUT2D eigenvalue weighted by atomic mass is 10.0. The van der Waals surface area contributed by atoms with Crippen LogP contribution in [0, 0.1) is 30.0 Å². The number of halogens is 1. The Hall–Kier alpha value is -2.61. The van der Waals surface area contributed by atoms with E-state index in [4.69, 9.17) is 4.74 Å². The summed E-state index contributed by atoms with van der Waals surface area (Å²) in [5, 5.41) is 9.20. The highest BCUT2D eigenvalue weighted by molar-refractivity contribution is 5.71. The molecule has 0 unspecified atom stereocenters. The van der Waals surface area contributed by atoms with Crippen molar-refractivity contribution in [3.63, 3.8) is 0 Å². The molecule has 0 radical (unpaired) electrons. The normalized spacial score (nSPS) is 10.6. The summed E-state index contributed by atoms with van der Waals surface area (Å²) < 4.78 is 19.5. The van der Waals surface area contributed by atoms with Crippen molar-refractivity contribution in [1.29, 1.82) is 5.26 Å². The molecule has 0 atom stereocenters. The number of aryl methyl sites for hydroxylation is 1. The minimum atomic E-state index is -0.478. The first-order chi connectivity index (χ1) is 10.9. The molecule has 23 heavy (non-hydrogen) atoms. The highest BCUT2D eigenvalue weighted by Crippen LogP contribution is 2.27. The Morgan fingerprint density at radius 2 is 2.04 bits per heavy atom. The third-order valence-corrected chi connectivity index (χ3v) is 3.43. The number of aromatic nitrogens is 1. The average Bonchev–Trinajstić information content (AvgIpc) is 2.45. The van der Waals surface area contributed by atoms with Gasteiger partial charge in [-0.2, -0.15) is 5.26 Å². The van der Waals surface area contributed by atoms with Gasteiger partial charge in [0.05, 0.1) is 6.61 Å². The molecule has 5 heteroatoms. The number of hydrogen-bond acceptors (Lipinski definition) is 3. The molecule has 0 amide bonds. The van der Waals surface area contributed by atoms with E-state index in [1.807, 2.05) is 6.07 Å². The van der Waals surface area contributed by atoms with Gasteiger partial charge in [-0.15, -0.1) is 0 Å². The summed E-state index contributed by atoms with van der Waals surface area (Å²) in [5.41, 5.74) is 0.955. The quantitative estimate of drug-likeness (QED) is 0.913. The molecule has 2 rings (SSSR count). The molecular weight excluding hydrogens is 295 g/mol. The van der Waals surface area contributed by atoms with Crippen LogP contribution in [0.15, 0.2) is 29.1 Å². The van der Waals surface area contributed by atoms with E-state index in [9.17, 15) is 14.4 Å². The zero-order valence-corrected chi connectivity index (χ0v) is 13.4. The van der Waals surface area contributed by atoms with Crippen molar-refractivity contribution in [1.82, 2.24) is 4.98 Å². The Labute approximate surface area is 134 Å². The first-order valence-corrected chi connectivity index (χ1v) is 7.48. The minimum Gasteiger partial charge on any atom is -0.493 e. The fourth-order valence-electron chi connectivity index (χ4n) is 2.24. The van der Waals surface area contributed by atoms with E-state index < -0.39 is 11.4 Å². The van der Waals surface area contributed by atoms with E-state index in [2.05, 4.69) is 18.8 Å². The van der Waals surface area contributed by atoms with Crippen molar-refractivity contribution < 1.29 is 9.13 Å². The summed E-state index contributed by atoms with van der Waals surface area (Å²) in [6.07, 6.45) is 0.861. The Balaban J connectivity index is 2.43. The molecule has 120 valence electrons. The molecule has 0 aliphatic heterocycles. The van der Waals surface area contributed by atoms with Crippen LogP contribution < -0.4 is 10.3 Å². The van der Waals surface area contributed by atoms with Gasteiger partial charge in [0, 0.05) is 17.3 Å². The summed E-state index contributed by atoms with van der Waals surface area (Å²) in [4.78, 5) is 14.5. The van der Waals surface area contributed by atoms with Crippen LogP contribution in [0.5, 0.6) is 5.75 Å². The van der Waals surface area contributed by atoms with E-state index in [1.54, 1.807) is 19.1 Å². The lowest BCUT2D eigenvalue weighted by Crippen LogP contribution is -2.12. The summed E-state index contributed by atoms with van der Waals surface area (Å²) >= 11 is 0. The van der Waals surface area contributed by atoms with Crippen LogP contribution in [0.3, 0.4) is 0 Å². The number of nitriles is 1. The van der Waals surface area contributed by atoms with Gasteiger partial charge in [-0.05, 0) is 43.0 Å². The molecule has 2 aromatic rings. The monoisotopic (exact) mass is 314 g/mol. The predicted molar refractivity (Wildman–Crippen MR) is 86.9 cm³/mol. The van der Waals surface area contributed by atoms with Crippen LogP contribution >= 0.6 is 0 Å². The first kappa shape index (κ1) is 16.8. The number of benzene rings is 1. The second kappa shape index (κ2) is 7.10. The number of nitrogens with zero attached hydrogens (tertiary/aromatic N) is 1. The van der Waals surface area contributed by atoms with Crippen molar-refractivity contribution in [2.75, 3.05) is 6.61 Å². The van der Waals surface area contributed by atoms with Crippen LogP contribution in [0.25, 0.3) is 11.1 Å². The standard InChI is InChI=1S/C18H19FN2O2/c1-11(2)4-5-23-15-8-13(7-14(19)9-15)16-6-12(3)21-18(22)17(16)10-20/h6-9,11H,4-5H2,1-3H3,(H,21,22). The number of aromatic amines is 1.